The summed E-state index contributed by atoms with van der Waals surface area (Å²) in [5, 5.41) is 2.82. The van der Waals surface area contributed by atoms with Crippen LogP contribution < -0.4 is 5.32 Å². The number of nitrogens with zero attached hydrogens (tertiary/aromatic N) is 1. The Hall–Kier alpha value is -1.62. The van der Waals surface area contributed by atoms with E-state index in [1.54, 1.807) is 24.0 Å². The number of anilines is 1. The Bertz CT molecular complexity index is 487. The lowest BCUT2D eigenvalue weighted by Gasteiger charge is -2.25. The Morgan fingerprint density at radius 3 is 3.00 bits per heavy atom. The van der Waals surface area contributed by atoms with E-state index in [2.05, 4.69) is 5.32 Å². The SMILES string of the molecule is CCCN(CC1CCOC1)C(=O)Nc1cccc(F)c1C. The topological polar surface area (TPSA) is 41.6 Å². The molecule has 1 aromatic rings. The highest BCUT2D eigenvalue weighted by Gasteiger charge is 2.22. The van der Waals surface area contributed by atoms with Crippen molar-refractivity contribution in [1.29, 1.82) is 0 Å². The van der Waals surface area contributed by atoms with Gasteiger partial charge in [-0.15, -0.1) is 0 Å². The van der Waals surface area contributed by atoms with Crippen LogP contribution in [0.25, 0.3) is 0 Å². The van der Waals surface area contributed by atoms with Crippen LogP contribution in [-0.2, 0) is 4.74 Å². The van der Waals surface area contributed by atoms with Crippen molar-refractivity contribution < 1.29 is 13.9 Å². The number of nitrogens with one attached hydrogen (secondary N) is 1. The first-order chi connectivity index (χ1) is 10.1. The molecule has 2 rings (SSSR count). The van der Waals surface area contributed by atoms with E-state index < -0.39 is 0 Å². The molecule has 1 saturated heterocycles. The number of rotatable bonds is 5. The number of hydrogen-bond acceptors (Lipinski definition) is 2. The Morgan fingerprint density at radius 1 is 1.52 bits per heavy atom. The van der Waals surface area contributed by atoms with E-state index in [1.165, 1.54) is 6.07 Å². The van der Waals surface area contributed by atoms with Gasteiger partial charge in [-0.2, -0.15) is 0 Å². The zero-order chi connectivity index (χ0) is 15.2. The zero-order valence-electron chi connectivity index (χ0n) is 12.7. The number of hydrogen-bond donors (Lipinski definition) is 1. The average molecular weight is 294 g/mol. The van der Waals surface area contributed by atoms with Gasteiger partial charge in [-0.25, -0.2) is 9.18 Å². The van der Waals surface area contributed by atoms with E-state index >= 15 is 0 Å². The van der Waals surface area contributed by atoms with Crippen LogP contribution in [0.4, 0.5) is 14.9 Å². The molecule has 116 valence electrons. The molecule has 0 aliphatic carbocycles. The molecule has 0 spiro atoms. The van der Waals surface area contributed by atoms with Crippen molar-refractivity contribution in [2.45, 2.75) is 26.7 Å². The lowest BCUT2D eigenvalue weighted by atomic mass is 10.1. The molecule has 1 N–H and O–H groups in total. The van der Waals surface area contributed by atoms with Crippen LogP contribution in [0, 0.1) is 18.7 Å². The number of carbonyl (C=O) groups is 1. The van der Waals surface area contributed by atoms with Gasteiger partial charge in [0, 0.05) is 36.9 Å². The van der Waals surface area contributed by atoms with Gasteiger partial charge in [0.25, 0.3) is 0 Å². The van der Waals surface area contributed by atoms with E-state index in [-0.39, 0.29) is 11.8 Å². The van der Waals surface area contributed by atoms with Crippen LogP contribution >= 0.6 is 0 Å². The highest BCUT2D eigenvalue weighted by Crippen LogP contribution is 2.19. The van der Waals surface area contributed by atoms with E-state index in [4.69, 9.17) is 4.74 Å². The first-order valence-electron chi connectivity index (χ1n) is 7.50. The van der Waals surface area contributed by atoms with Gasteiger partial charge in [0.2, 0.25) is 0 Å². The van der Waals surface area contributed by atoms with E-state index in [1.807, 2.05) is 6.92 Å². The van der Waals surface area contributed by atoms with Crippen molar-refractivity contribution in [2.24, 2.45) is 5.92 Å². The second kappa shape index (κ2) is 7.41. The van der Waals surface area contributed by atoms with Crippen LogP contribution in [0.1, 0.15) is 25.3 Å². The Morgan fingerprint density at radius 2 is 2.33 bits per heavy atom. The fourth-order valence-electron chi connectivity index (χ4n) is 2.52. The highest BCUT2D eigenvalue weighted by molar-refractivity contribution is 5.90. The van der Waals surface area contributed by atoms with Gasteiger partial charge in [-0.3, -0.25) is 0 Å². The van der Waals surface area contributed by atoms with Crippen LogP contribution in [0.2, 0.25) is 0 Å². The molecule has 0 aromatic heterocycles. The highest BCUT2D eigenvalue weighted by atomic mass is 19.1. The number of ether oxygens (including phenoxy) is 1. The molecule has 4 nitrogen and oxygen atoms in total. The first kappa shape index (κ1) is 15.8. The molecule has 1 aliphatic heterocycles. The van der Waals surface area contributed by atoms with Gasteiger partial charge < -0.3 is 15.0 Å². The molecular weight excluding hydrogens is 271 g/mol. The fraction of sp³-hybridized carbons (Fsp3) is 0.562. The van der Waals surface area contributed by atoms with Crippen LogP contribution in [0.3, 0.4) is 0 Å². The number of carbonyl (C=O) groups excluding carboxylic acids is 1. The van der Waals surface area contributed by atoms with Gasteiger partial charge in [0.05, 0.1) is 6.61 Å². The predicted molar refractivity (Wildman–Crippen MR) is 80.9 cm³/mol. The minimum atomic E-state index is -0.306. The lowest BCUT2D eigenvalue weighted by Crippen LogP contribution is -2.39. The Kier molecular flexibility index (Phi) is 5.56. The normalized spacial score (nSPS) is 17.8. The second-order valence-corrected chi connectivity index (χ2v) is 5.52. The maximum Gasteiger partial charge on any atom is 0.321 e. The maximum atomic E-state index is 13.5. The monoisotopic (exact) mass is 294 g/mol. The van der Waals surface area contributed by atoms with E-state index in [9.17, 15) is 9.18 Å². The lowest BCUT2D eigenvalue weighted by molar-refractivity contribution is 0.169. The largest absolute Gasteiger partial charge is 0.381 e. The van der Waals surface area contributed by atoms with Gasteiger partial charge in [0.1, 0.15) is 5.82 Å². The molecular formula is C16H23FN2O2. The third-order valence-corrected chi connectivity index (χ3v) is 3.79. The number of urea groups is 1. The molecule has 1 aromatic carbocycles. The van der Waals surface area contributed by atoms with Crippen molar-refractivity contribution in [3.8, 4) is 0 Å². The number of benzene rings is 1. The molecule has 5 heteroatoms. The summed E-state index contributed by atoms with van der Waals surface area (Å²) in [7, 11) is 0. The molecule has 1 heterocycles. The molecule has 2 amide bonds. The molecule has 1 aliphatic rings. The summed E-state index contributed by atoms with van der Waals surface area (Å²) in [4.78, 5) is 14.2. The quantitative estimate of drug-likeness (QED) is 0.904. The minimum absolute atomic E-state index is 0.169. The van der Waals surface area contributed by atoms with Gasteiger partial charge in [0.15, 0.2) is 0 Å². The number of amides is 2. The summed E-state index contributed by atoms with van der Waals surface area (Å²) < 4.78 is 18.9. The third kappa shape index (κ3) is 4.17. The van der Waals surface area contributed by atoms with Crippen molar-refractivity contribution in [3.63, 3.8) is 0 Å². The van der Waals surface area contributed by atoms with Crippen molar-refractivity contribution in [2.75, 3.05) is 31.6 Å². The standard InChI is InChI=1S/C16H23FN2O2/c1-3-8-19(10-13-7-9-21-11-13)16(20)18-15-6-4-5-14(17)12(15)2/h4-6,13H,3,7-11H2,1-2H3,(H,18,20). The molecule has 0 radical (unpaired) electrons. The summed E-state index contributed by atoms with van der Waals surface area (Å²) in [6, 6.07) is 4.55. The minimum Gasteiger partial charge on any atom is -0.381 e. The van der Waals surface area contributed by atoms with Gasteiger partial charge in [-0.05, 0) is 31.9 Å². The first-order valence-corrected chi connectivity index (χ1v) is 7.50. The Labute approximate surface area is 125 Å². The second-order valence-electron chi connectivity index (χ2n) is 5.52. The zero-order valence-corrected chi connectivity index (χ0v) is 12.7. The van der Waals surface area contributed by atoms with E-state index in [0.29, 0.717) is 36.9 Å². The van der Waals surface area contributed by atoms with Crippen molar-refractivity contribution in [3.05, 3.63) is 29.6 Å². The smallest absolute Gasteiger partial charge is 0.321 e. The maximum absolute atomic E-state index is 13.5. The average Bonchev–Trinajstić information content (AvgIpc) is 2.96. The predicted octanol–water partition coefficient (Wildman–Crippen LogP) is 3.41. The summed E-state index contributed by atoms with van der Waals surface area (Å²) in [6.45, 7) is 6.57. The van der Waals surface area contributed by atoms with Gasteiger partial charge >= 0.3 is 6.03 Å². The summed E-state index contributed by atoms with van der Waals surface area (Å²) >= 11 is 0. The summed E-state index contributed by atoms with van der Waals surface area (Å²) in [5.74, 6) is 0.0925. The summed E-state index contributed by atoms with van der Waals surface area (Å²) in [5.41, 5.74) is 0.996. The fourth-order valence-corrected chi connectivity index (χ4v) is 2.52. The molecule has 21 heavy (non-hydrogen) atoms. The van der Waals surface area contributed by atoms with Crippen LogP contribution in [0.5, 0.6) is 0 Å². The Balaban J connectivity index is 2.01. The van der Waals surface area contributed by atoms with E-state index in [0.717, 1.165) is 19.4 Å². The van der Waals surface area contributed by atoms with Crippen LogP contribution in [-0.4, -0.2) is 37.2 Å². The number of halogens is 1. The molecule has 1 fully saturated rings. The van der Waals surface area contributed by atoms with Crippen molar-refractivity contribution in [1.82, 2.24) is 4.90 Å². The van der Waals surface area contributed by atoms with Gasteiger partial charge in [-0.1, -0.05) is 13.0 Å². The molecule has 1 unspecified atom stereocenters. The van der Waals surface area contributed by atoms with Crippen molar-refractivity contribution >= 4 is 11.7 Å². The molecule has 0 saturated carbocycles. The third-order valence-electron chi connectivity index (χ3n) is 3.79. The molecule has 0 bridgehead atoms. The summed E-state index contributed by atoms with van der Waals surface area (Å²) in [6.07, 6.45) is 1.88. The molecule has 1 atom stereocenters. The van der Waals surface area contributed by atoms with Crippen LogP contribution in [0.15, 0.2) is 18.2 Å².